The number of esters is 1. The highest BCUT2D eigenvalue weighted by Crippen LogP contribution is 2.30. The van der Waals surface area contributed by atoms with E-state index in [4.69, 9.17) is 19.7 Å². The number of hydrogen-bond acceptors (Lipinski definition) is 9. The number of nitrogens with zero attached hydrogens (tertiary/aromatic N) is 5. The summed E-state index contributed by atoms with van der Waals surface area (Å²) in [5, 5.41) is 16.2. The van der Waals surface area contributed by atoms with Crippen molar-refractivity contribution in [1.29, 1.82) is 0 Å². The molecule has 2 aromatic heterocycles. The quantitative estimate of drug-likeness (QED) is 0.310. The fraction of sp³-hybridized carbons (Fsp3) is 0.739. The third kappa shape index (κ3) is 9.71. The van der Waals surface area contributed by atoms with E-state index < -0.39 is 5.79 Å². The van der Waals surface area contributed by atoms with Gasteiger partial charge in [0.25, 0.3) is 0 Å². The first-order valence-electron chi connectivity index (χ1n) is 11.7. The molecule has 0 saturated carbocycles. The van der Waals surface area contributed by atoms with Crippen molar-refractivity contribution in [2.75, 3.05) is 19.7 Å². The minimum absolute atomic E-state index is 0.0253. The van der Waals surface area contributed by atoms with Crippen LogP contribution in [0.2, 0.25) is 0 Å². The van der Waals surface area contributed by atoms with Crippen molar-refractivity contribution in [1.82, 2.24) is 24.4 Å². The molecule has 2 aromatic rings. The van der Waals surface area contributed by atoms with E-state index in [9.17, 15) is 4.79 Å². The summed E-state index contributed by atoms with van der Waals surface area (Å²) in [6.45, 7) is 11.2. The molecule has 0 aliphatic carbocycles. The van der Waals surface area contributed by atoms with E-state index in [-0.39, 0.29) is 18.3 Å². The summed E-state index contributed by atoms with van der Waals surface area (Å²) in [6.07, 6.45) is 9.54. The highest BCUT2D eigenvalue weighted by atomic mass is 16.5. The molecule has 1 fully saturated rings. The maximum absolute atomic E-state index is 11.5. The van der Waals surface area contributed by atoms with Gasteiger partial charge in [-0.1, -0.05) is 0 Å². The maximum Gasteiger partial charge on any atom is 0.305 e. The van der Waals surface area contributed by atoms with E-state index in [0.29, 0.717) is 19.1 Å². The molecule has 2 atom stereocenters. The Morgan fingerprint density at radius 2 is 2.03 bits per heavy atom. The van der Waals surface area contributed by atoms with Crippen LogP contribution in [0.4, 0.5) is 0 Å². The summed E-state index contributed by atoms with van der Waals surface area (Å²) >= 11 is 0. The van der Waals surface area contributed by atoms with Gasteiger partial charge in [0.2, 0.25) is 0 Å². The zero-order chi connectivity index (χ0) is 24.4. The van der Waals surface area contributed by atoms with Crippen LogP contribution in [0.5, 0.6) is 0 Å². The fourth-order valence-electron chi connectivity index (χ4n) is 3.66. The molecule has 3 heterocycles. The molecule has 0 radical (unpaired) electrons. The Hall–Kier alpha value is -2.14. The van der Waals surface area contributed by atoms with Crippen LogP contribution in [0.3, 0.4) is 0 Å². The van der Waals surface area contributed by atoms with E-state index >= 15 is 0 Å². The van der Waals surface area contributed by atoms with E-state index in [1.54, 1.807) is 18.9 Å². The molecule has 0 amide bonds. The fourth-order valence-corrected chi connectivity index (χ4v) is 3.66. The predicted molar refractivity (Wildman–Crippen MR) is 124 cm³/mol. The second-order valence-electron chi connectivity index (χ2n) is 9.02. The Balaban J connectivity index is 0.000000696. The van der Waals surface area contributed by atoms with Crippen LogP contribution >= 0.6 is 0 Å². The van der Waals surface area contributed by atoms with Crippen LogP contribution < -0.4 is 0 Å². The summed E-state index contributed by atoms with van der Waals surface area (Å²) in [7, 11) is 0. The summed E-state index contributed by atoms with van der Waals surface area (Å²) in [5.74, 6) is -1.60. The van der Waals surface area contributed by atoms with Crippen molar-refractivity contribution in [3.05, 3.63) is 18.9 Å². The third-order valence-electron chi connectivity index (χ3n) is 5.18. The number of rotatable bonds is 10. The summed E-state index contributed by atoms with van der Waals surface area (Å²) in [6, 6.07) is 0.437. The molecule has 2 N–H and O–H groups in total. The van der Waals surface area contributed by atoms with Crippen molar-refractivity contribution in [3.8, 4) is 0 Å². The molecule has 1 aliphatic heterocycles. The molecular formula is C23H39N5O5. The van der Waals surface area contributed by atoms with Gasteiger partial charge in [0.05, 0.1) is 25.2 Å². The van der Waals surface area contributed by atoms with Gasteiger partial charge in [0, 0.05) is 19.0 Å². The largest absolute Gasteiger partial charge is 0.466 e. The van der Waals surface area contributed by atoms with Gasteiger partial charge in [0.15, 0.2) is 11.4 Å². The Kier molecular flexibility index (Phi) is 10.6. The van der Waals surface area contributed by atoms with Gasteiger partial charge in [-0.05, 0) is 66.8 Å². The molecule has 1 aliphatic rings. The second kappa shape index (κ2) is 12.9. The first-order valence-corrected chi connectivity index (χ1v) is 11.7. The number of hydrogen-bond donors (Lipinski definition) is 2. The van der Waals surface area contributed by atoms with Crippen molar-refractivity contribution in [3.63, 3.8) is 0 Å². The molecule has 1 saturated heterocycles. The van der Waals surface area contributed by atoms with Gasteiger partial charge >= 0.3 is 5.97 Å². The average Bonchev–Trinajstić information content (AvgIpc) is 3.35. The summed E-state index contributed by atoms with van der Waals surface area (Å²) in [4.78, 5) is 26.6. The Labute approximate surface area is 195 Å². The molecule has 0 spiro atoms. The first-order chi connectivity index (χ1) is 15.6. The minimum Gasteiger partial charge on any atom is -0.466 e. The van der Waals surface area contributed by atoms with E-state index in [1.165, 1.54) is 13.8 Å². The van der Waals surface area contributed by atoms with Gasteiger partial charge in [0.1, 0.15) is 18.1 Å². The van der Waals surface area contributed by atoms with Crippen LogP contribution in [0, 0.1) is 0 Å². The van der Waals surface area contributed by atoms with E-state index in [2.05, 4.69) is 33.7 Å². The monoisotopic (exact) mass is 465 g/mol. The number of aromatic nitrogens is 4. The number of fused-ring (bicyclic) bond motifs is 1. The number of carbonyl (C=O) groups excluding carboxylic acids is 1. The van der Waals surface area contributed by atoms with Crippen molar-refractivity contribution >= 4 is 17.1 Å². The Morgan fingerprint density at radius 3 is 2.70 bits per heavy atom. The summed E-state index contributed by atoms with van der Waals surface area (Å²) in [5.41, 5.74) is 1.61. The second-order valence-corrected chi connectivity index (χ2v) is 9.02. The Bertz CT molecular complexity index is 845. The van der Waals surface area contributed by atoms with Gasteiger partial charge in [-0.15, -0.1) is 0 Å². The number of aliphatic hydroxyl groups is 2. The normalized spacial score (nSPS) is 18.6. The summed E-state index contributed by atoms with van der Waals surface area (Å²) < 4.78 is 13.3. The molecule has 0 bridgehead atoms. The van der Waals surface area contributed by atoms with Crippen LogP contribution in [-0.4, -0.2) is 78.2 Å². The van der Waals surface area contributed by atoms with E-state index in [1.807, 2.05) is 11.5 Å². The van der Waals surface area contributed by atoms with Crippen LogP contribution in [0.25, 0.3) is 11.2 Å². The van der Waals surface area contributed by atoms with Crippen molar-refractivity contribution < 1.29 is 24.5 Å². The average molecular weight is 466 g/mol. The smallest absolute Gasteiger partial charge is 0.305 e. The molecule has 0 aromatic carbocycles. The number of imidazole rings is 1. The third-order valence-corrected chi connectivity index (χ3v) is 5.18. The van der Waals surface area contributed by atoms with E-state index in [0.717, 1.165) is 49.9 Å². The van der Waals surface area contributed by atoms with Crippen LogP contribution in [-0.2, 0) is 14.3 Å². The lowest BCUT2D eigenvalue weighted by Crippen LogP contribution is -2.38. The Morgan fingerprint density at radius 1 is 1.30 bits per heavy atom. The molecule has 10 heteroatoms. The van der Waals surface area contributed by atoms with Crippen molar-refractivity contribution in [2.24, 2.45) is 0 Å². The van der Waals surface area contributed by atoms with Crippen LogP contribution in [0.15, 0.2) is 18.9 Å². The molecule has 10 nitrogen and oxygen atoms in total. The predicted octanol–water partition coefficient (Wildman–Crippen LogP) is 2.65. The van der Waals surface area contributed by atoms with Gasteiger partial charge in [-0.2, -0.15) is 0 Å². The first kappa shape index (κ1) is 27.1. The SMILES string of the molecule is CC(C)(O)O.CCOC(=O)CCCCN(CC1CCC(n2cnc3cncnc32)O1)C(C)C. The highest BCUT2D eigenvalue weighted by Gasteiger charge is 2.29. The number of unbranched alkanes of at least 4 members (excludes halogenated alkanes) is 1. The van der Waals surface area contributed by atoms with Crippen LogP contribution in [0.1, 0.15) is 73.0 Å². The molecular weight excluding hydrogens is 426 g/mol. The highest BCUT2D eigenvalue weighted by molar-refractivity contribution is 5.69. The lowest BCUT2D eigenvalue weighted by Gasteiger charge is -2.29. The molecule has 3 rings (SSSR count). The topological polar surface area (TPSA) is 123 Å². The molecule has 2 unspecified atom stereocenters. The maximum atomic E-state index is 11.5. The molecule has 33 heavy (non-hydrogen) atoms. The minimum atomic E-state index is -1.50. The van der Waals surface area contributed by atoms with Gasteiger partial charge in [-0.25, -0.2) is 15.0 Å². The van der Waals surface area contributed by atoms with Gasteiger partial charge in [-0.3, -0.25) is 14.3 Å². The molecule has 186 valence electrons. The zero-order valence-corrected chi connectivity index (χ0v) is 20.5. The standard InChI is InChI=1S/C20H31N5O3.C3H8O2/c1-4-27-19(26)7-5-6-10-24(15(2)3)12-16-8-9-18(28-16)25-14-23-17-11-21-13-22-20(17)25;1-3(2,4)5/h11,13-16,18H,4-10,12H2,1-3H3;4-5H,1-2H3. The number of ether oxygens (including phenoxy) is 2. The zero-order valence-electron chi connectivity index (χ0n) is 20.5. The lowest BCUT2D eigenvalue weighted by atomic mass is 10.1. The lowest BCUT2D eigenvalue weighted by molar-refractivity contribution is -0.143. The van der Waals surface area contributed by atoms with Crippen molar-refractivity contribution in [2.45, 2.75) is 90.9 Å². The van der Waals surface area contributed by atoms with Gasteiger partial charge < -0.3 is 19.7 Å². The number of carbonyl (C=O) groups is 1.